The Balaban J connectivity index is 2.38. The molecule has 1 atom stereocenters. The molecule has 1 amide bonds. The third-order valence-electron chi connectivity index (χ3n) is 2.64. The molecule has 0 aromatic heterocycles. The van der Waals surface area contributed by atoms with Crippen molar-refractivity contribution in [1.29, 1.82) is 0 Å². The highest BCUT2D eigenvalue weighted by atomic mass is 19.1. The van der Waals surface area contributed by atoms with Gasteiger partial charge >= 0.3 is 0 Å². The number of carbonyl (C=O) groups is 1. The minimum atomic E-state index is -0.881. The second-order valence-electron chi connectivity index (χ2n) is 4.34. The molecule has 112 valence electrons. The van der Waals surface area contributed by atoms with E-state index in [1.54, 1.807) is 7.11 Å². The number of amides is 1. The first-order valence-corrected chi connectivity index (χ1v) is 6.40. The molecule has 1 rings (SSSR count). The molecule has 0 aliphatic heterocycles. The van der Waals surface area contributed by atoms with Crippen LogP contribution in [0.1, 0.15) is 25.0 Å². The van der Waals surface area contributed by atoms with Gasteiger partial charge in [-0.15, -0.1) is 0 Å². The minimum absolute atomic E-state index is 0.180. The summed E-state index contributed by atoms with van der Waals surface area (Å²) in [4.78, 5) is 11.4. The lowest BCUT2D eigenvalue weighted by molar-refractivity contribution is -0.123. The van der Waals surface area contributed by atoms with Crippen molar-refractivity contribution in [3.63, 3.8) is 0 Å². The lowest BCUT2D eigenvalue weighted by Crippen LogP contribution is -2.30. The van der Waals surface area contributed by atoms with E-state index in [9.17, 15) is 14.3 Å². The number of methoxy groups -OCH3 is 1. The van der Waals surface area contributed by atoms with Gasteiger partial charge in [0.15, 0.2) is 6.61 Å². The summed E-state index contributed by atoms with van der Waals surface area (Å²) in [5, 5.41) is 12.0. The average molecular weight is 285 g/mol. The third-order valence-corrected chi connectivity index (χ3v) is 2.64. The fourth-order valence-electron chi connectivity index (χ4n) is 1.58. The molecule has 2 N–H and O–H groups in total. The Hall–Kier alpha value is -1.66. The number of hydrogen-bond donors (Lipinski definition) is 2. The van der Waals surface area contributed by atoms with Gasteiger partial charge in [0.25, 0.3) is 5.91 Å². The quantitative estimate of drug-likeness (QED) is 0.709. The topological polar surface area (TPSA) is 67.8 Å². The summed E-state index contributed by atoms with van der Waals surface area (Å²) in [7, 11) is 1.59. The van der Waals surface area contributed by atoms with E-state index < -0.39 is 11.9 Å². The van der Waals surface area contributed by atoms with Crippen molar-refractivity contribution in [2.45, 2.75) is 19.4 Å². The van der Waals surface area contributed by atoms with Crippen molar-refractivity contribution in [2.75, 3.05) is 26.9 Å². The zero-order valence-corrected chi connectivity index (χ0v) is 11.7. The lowest BCUT2D eigenvalue weighted by Gasteiger charge is -2.10. The molecule has 0 bridgehead atoms. The van der Waals surface area contributed by atoms with Crippen LogP contribution in [0.2, 0.25) is 0 Å². The van der Waals surface area contributed by atoms with Gasteiger partial charge < -0.3 is 19.9 Å². The first kappa shape index (κ1) is 16.4. The molecular weight excluding hydrogens is 265 g/mol. The van der Waals surface area contributed by atoms with Gasteiger partial charge in [0.2, 0.25) is 0 Å². The Morgan fingerprint density at radius 2 is 2.25 bits per heavy atom. The molecule has 0 spiro atoms. The number of hydrogen-bond acceptors (Lipinski definition) is 4. The zero-order valence-electron chi connectivity index (χ0n) is 11.7. The van der Waals surface area contributed by atoms with Gasteiger partial charge in [0, 0.05) is 31.9 Å². The Morgan fingerprint density at radius 3 is 2.85 bits per heavy atom. The molecule has 0 aliphatic rings. The van der Waals surface area contributed by atoms with Gasteiger partial charge in [-0.1, -0.05) is 0 Å². The number of carbonyl (C=O) groups excluding carboxylic acids is 1. The van der Waals surface area contributed by atoms with E-state index in [-0.39, 0.29) is 23.8 Å². The first-order chi connectivity index (χ1) is 9.54. The summed E-state index contributed by atoms with van der Waals surface area (Å²) in [6.07, 6.45) is -0.159. The van der Waals surface area contributed by atoms with Crippen LogP contribution < -0.4 is 10.1 Å². The first-order valence-electron chi connectivity index (χ1n) is 6.40. The van der Waals surface area contributed by atoms with Crippen LogP contribution in [0.5, 0.6) is 5.75 Å². The highest BCUT2D eigenvalue weighted by Crippen LogP contribution is 2.21. The molecule has 0 saturated heterocycles. The zero-order chi connectivity index (χ0) is 15.0. The number of benzene rings is 1. The fourth-order valence-corrected chi connectivity index (χ4v) is 1.58. The molecule has 0 heterocycles. The molecular formula is C14H20FNO4. The van der Waals surface area contributed by atoms with Crippen LogP contribution >= 0.6 is 0 Å². The molecule has 6 heteroatoms. The minimum Gasteiger partial charge on any atom is -0.484 e. The second kappa shape index (κ2) is 8.50. The van der Waals surface area contributed by atoms with E-state index in [0.29, 0.717) is 13.2 Å². The molecule has 1 aromatic carbocycles. The lowest BCUT2D eigenvalue weighted by atomic mass is 10.1. The highest BCUT2D eigenvalue weighted by Gasteiger charge is 2.10. The third kappa shape index (κ3) is 5.54. The molecule has 1 aromatic rings. The predicted octanol–water partition coefficient (Wildman–Crippen LogP) is 1.41. The van der Waals surface area contributed by atoms with E-state index in [2.05, 4.69) is 5.32 Å². The van der Waals surface area contributed by atoms with Crippen molar-refractivity contribution < 1.29 is 23.8 Å². The van der Waals surface area contributed by atoms with Gasteiger partial charge in [-0.25, -0.2) is 4.39 Å². The summed E-state index contributed by atoms with van der Waals surface area (Å²) in [5.41, 5.74) is 0.196. The number of aliphatic hydroxyl groups excluding tert-OH is 1. The van der Waals surface area contributed by atoms with Crippen molar-refractivity contribution in [3.05, 3.63) is 29.6 Å². The van der Waals surface area contributed by atoms with E-state index in [1.807, 2.05) is 0 Å². The van der Waals surface area contributed by atoms with Crippen LogP contribution in [0, 0.1) is 5.82 Å². The summed E-state index contributed by atoms with van der Waals surface area (Å²) in [6, 6.07) is 4.11. The molecule has 1 unspecified atom stereocenters. The van der Waals surface area contributed by atoms with E-state index in [1.165, 1.54) is 19.1 Å². The van der Waals surface area contributed by atoms with Crippen LogP contribution in [0.15, 0.2) is 18.2 Å². The maximum atomic E-state index is 13.6. The van der Waals surface area contributed by atoms with E-state index in [4.69, 9.17) is 9.47 Å². The fraction of sp³-hybridized carbons (Fsp3) is 0.500. The van der Waals surface area contributed by atoms with Crippen LogP contribution in [0.4, 0.5) is 4.39 Å². The molecule has 0 fully saturated rings. The van der Waals surface area contributed by atoms with Gasteiger partial charge in [0.1, 0.15) is 11.6 Å². The van der Waals surface area contributed by atoms with Crippen molar-refractivity contribution in [1.82, 2.24) is 5.32 Å². The van der Waals surface area contributed by atoms with Gasteiger partial charge in [-0.3, -0.25) is 4.79 Å². The maximum absolute atomic E-state index is 13.6. The summed E-state index contributed by atoms with van der Waals surface area (Å²) in [6.45, 7) is 2.38. The summed E-state index contributed by atoms with van der Waals surface area (Å²) >= 11 is 0. The number of halogens is 1. The van der Waals surface area contributed by atoms with Crippen LogP contribution in [-0.2, 0) is 9.53 Å². The molecule has 0 radical (unpaired) electrons. The molecule has 0 saturated carbocycles. The number of rotatable bonds is 8. The normalized spacial score (nSPS) is 12.0. The smallest absolute Gasteiger partial charge is 0.257 e. The standard InChI is InChI=1S/C14H20FNO4/c1-10(17)12-5-4-11(8-13(12)15)20-9-14(18)16-6-3-7-19-2/h4-5,8,10,17H,3,6-7,9H2,1-2H3,(H,16,18). The number of nitrogens with one attached hydrogen (secondary N) is 1. The molecule has 20 heavy (non-hydrogen) atoms. The second-order valence-corrected chi connectivity index (χ2v) is 4.34. The van der Waals surface area contributed by atoms with Crippen LogP contribution in [0.25, 0.3) is 0 Å². The summed E-state index contributed by atoms with van der Waals surface area (Å²) in [5.74, 6) is -0.585. The number of ether oxygens (including phenoxy) is 2. The van der Waals surface area contributed by atoms with Gasteiger partial charge in [-0.2, -0.15) is 0 Å². The predicted molar refractivity (Wildman–Crippen MR) is 72.0 cm³/mol. The van der Waals surface area contributed by atoms with E-state index >= 15 is 0 Å². The molecule has 0 aliphatic carbocycles. The Bertz CT molecular complexity index is 437. The maximum Gasteiger partial charge on any atom is 0.257 e. The Morgan fingerprint density at radius 1 is 1.50 bits per heavy atom. The average Bonchev–Trinajstić information content (AvgIpc) is 2.41. The van der Waals surface area contributed by atoms with Crippen LogP contribution in [-0.4, -0.2) is 37.9 Å². The van der Waals surface area contributed by atoms with Gasteiger partial charge in [-0.05, 0) is 25.5 Å². The Labute approximate surface area is 117 Å². The molecule has 5 nitrogen and oxygen atoms in total. The van der Waals surface area contributed by atoms with Gasteiger partial charge in [0.05, 0.1) is 6.10 Å². The summed E-state index contributed by atoms with van der Waals surface area (Å²) < 4.78 is 23.6. The van der Waals surface area contributed by atoms with Crippen molar-refractivity contribution in [2.24, 2.45) is 0 Å². The number of aliphatic hydroxyl groups is 1. The van der Waals surface area contributed by atoms with Crippen molar-refractivity contribution in [3.8, 4) is 5.75 Å². The van der Waals surface area contributed by atoms with Crippen LogP contribution in [0.3, 0.4) is 0 Å². The Kier molecular flexibility index (Phi) is 6.97. The monoisotopic (exact) mass is 285 g/mol. The largest absolute Gasteiger partial charge is 0.484 e. The SMILES string of the molecule is COCCCNC(=O)COc1ccc(C(C)O)c(F)c1. The van der Waals surface area contributed by atoms with Crippen molar-refractivity contribution >= 4 is 5.91 Å². The highest BCUT2D eigenvalue weighted by molar-refractivity contribution is 5.77. The van der Waals surface area contributed by atoms with E-state index in [0.717, 1.165) is 12.5 Å².